The van der Waals surface area contributed by atoms with Crippen LogP contribution in [0.25, 0.3) is 22.1 Å². The van der Waals surface area contributed by atoms with E-state index in [2.05, 4.69) is 5.32 Å². The second-order valence-corrected chi connectivity index (χ2v) is 11.2. The van der Waals surface area contributed by atoms with Crippen LogP contribution in [0.2, 0.25) is 0 Å². The number of rotatable bonds is 5. The van der Waals surface area contributed by atoms with Crippen LogP contribution in [0.4, 0.5) is 5.69 Å². The highest BCUT2D eigenvalue weighted by Crippen LogP contribution is 2.51. The molecule has 4 aromatic carbocycles. The highest BCUT2D eigenvalue weighted by molar-refractivity contribution is 6.05. The van der Waals surface area contributed by atoms with Crippen molar-refractivity contribution in [2.24, 2.45) is 11.8 Å². The molecule has 1 saturated heterocycles. The number of nitrogens with one attached hydrogen (secondary N) is 1. The number of aromatic nitrogens is 2. The normalized spacial score (nSPS) is 19.8. The van der Waals surface area contributed by atoms with Crippen molar-refractivity contribution < 1.29 is 33.3 Å². The van der Waals surface area contributed by atoms with Crippen molar-refractivity contribution >= 4 is 39.6 Å². The number of amides is 1. The summed E-state index contributed by atoms with van der Waals surface area (Å²) >= 11 is 0. The van der Waals surface area contributed by atoms with Crippen molar-refractivity contribution in [3.8, 4) is 23.0 Å². The lowest BCUT2D eigenvalue weighted by molar-refractivity contribution is -0.141. The van der Waals surface area contributed by atoms with Crippen LogP contribution in [0.5, 0.6) is 23.0 Å². The van der Waals surface area contributed by atoms with Gasteiger partial charge in [0.25, 0.3) is 5.91 Å². The van der Waals surface area contributed by atoms with Gasteiger partial charge in [0.15, 0.2) is 11.5 Å². The lowest BCUT2D eigenvalue weighted by atomic mass is 9.67. The first-order valence-corrected chi connectivity index (χ1v) is 14.3. The number of benzene rings is 4. The molecule has 3 heterocycles. The molecule has 0 spiro atoms. The summed E-state index contributed by atoms with van der Waals surface area (Å²) in [5.41, 5.74) is 6.54. The summed E-state index contributed by atoms with van der Waals surface area (Å²) in [5.74, 6) is 1.50. The van der Waals surface area contributed by atoms with Crippen molar-refractivity contribution in [2.75, 3.05) is 32.9 Å². The predicted octanol–water partition coefficient (Wildman–Crippen LogP) is 5.26. The van der Waals surface area contributed by atoms with Gasteiger partial charge in [0, 0.05) is 23.1 Å². The molecule has 8 rings (SSSR count). The van der Waals surface area contributed by atoms with Crippen molar-refractivity contribution in [1.82, 2.24) is 9.97 Å². The number of esters is 1. The standard InChI is InChI=1S/C34H27N3O7/c1-40-22-5-3-4-17(9-22)33(38)35-21-6-7-24-25(13-21)37-32-26(36-24)10-19(12-29(32)41-2)30-23-14-28-27(43-16-44-28)11-18(23)8-20-15-42-34(39)31(20)30/h3-7,9-14,20,30-31H,8,15-16H2,1-2H3,(H,35,38)/t20-,30+,31-/m0/s1. The van der Waals surface area contributed by atoms with Gasteiger partial charge in [-0.25, -0.2) is 9.97 Å². The minimum atomic E-state index is -0.339. The van der Waals surface area contributed by atoms with Gasteiger partial charge in [-0.2, -0.15) is 0 Å². The fourth-order valence-electron chi connectivity index (χ4n) is 6.65. The van der Waals surface area contributed by atoms with Gasteiger partial charge in [0.2, 0.25) is 6.79 Å². The van der Waals surface area contributed by atoms with Crippen LogP contribution in [0.15, 0.2) is 66.7 Å². The fourth-order valence-corrected chi connectivity index (χ4v) is 6.65. The van der Waals surface area contributed by atoms with E-state index in [-0.39, 0.29) is 36.4 Å². The molecule has 2 aliphatic heterocycles. The molecule has 0 bridgehead atoms. The Kier molecular flexibility index (Phi) is 6.04. The Bertz CT molecular complexity index is 2010. The van der Waals surface area contributed by atoms with Crippen molar-refractivity contribution in [1.29, 1.82) is 0 Å². The van der Waals surface area contributed by atoms with Gasteiger partial charge in [-0.3, -0.25) is 9.59 Å². The Balaban J connectivity index is 1.20. The van der Waals surface area contributed by atoms with Crippen LogP contribution in [0.1, 0.15) is 33.0 Å². The smallest absolute Gasteiger partial charge is 0.310 e. The van der Waals surface area contributed by atoms with Gasteiger partial charge < -0.3 is 29.0 Å². The Morgan fingerprint density at radius 3 is 2.59 bits per heavy atom. The van der Waals surface area contributed by atoms with Gasteiger partial charge >= 0.3 is 5.97 Å². The zero-order valence-corrected chi connectivity index (χ0v) is 24.0. The number of fused-ring (bicyclic) bond motifs is 5. The first-order chi connectivity index (χ1) is 21.5. The van der Waals surface area contributed by atoms with E-state index in [4.69, 9.17) is 33.7 Å². The summed E-state index contributed by atoms with van der Waals surface area (Å²) in [7, 11) is 3.15. The molecule has 1 amide bonds. The number of hydrogen-bond acceptors (Lipinski definition) is 9. The van der Waals surface area contributed by atoms with E-state index in [1.165, 1.54) is 0 Å². The zero-order valence-electron chi connectivity index (χ0n) is 24.0. The number of carbonyl (C=O) groups is 2. The summed E-state index contributed by atoms with van der Waals surface area (Å²) in [5, 5.41) is 2.93. The van der Waals surface area contributed by atoms with E-state index in [1.54, 1.807) is 50.6 Å². The van der Waals surface area contributed by atoms with Crippen LogP contribution in [0, 0.1) is 11.8 Å². The van der Waals surface area contributed by atoms with Crippen molar-refractivity contribution in [3.05, 3.63) is 89.0 Å². The van der Waals surface area contributed by atoms with Gasteiger partial charge in [0.1, 0.15) is 17.0 Å². The Morgan fingerprint density at radius 1 is 0.886 bits per heavy atom. The van der Waals surface area contributed by atoms with Crippen molar-refractivity contribution in [2.45, 2.75) is 12.3 Å². The Hall–Kier alpha value is -5.38. The maximum Gasteiger partial charge on any atom is 0.310 e. The molecule has 0 radical (unpaired) electrons. The van der Waals surface area contributed by atoms with E-state index in [1.807, 2.05) is 30.3 Å². The molecular weight excluding hydrogens is 562 g/mol. The van der Waals surface area contributed by atoms with E-state index in [0.29, 0.717) is 57.2 Å². The number of hydrogen-bond donors (Lipinski definition) is 1. The first-order valence-electron chi connectivity index (χ1n) is 14.3. The molecule has 3 aliphatic rings. The third-order valence-corrected chi connectivity index (χ3v) is 8.72. The maximum atomic E-state index is 13.1. The summed E-state index contributed by atoms with van der Waals surface area (Å²) in [6, 6.07) is 20.3. The molecule has 10 heteroatoms. The average molecular weight is 590 g/mol. The SMILES string of the molecule is COc1cccc(C(=O)Nc2ccc3nc4cc([C@@H]5c6cc7c(cc6C[C@H]6COC(=O)[C@@H]65)OCO7)cc(OC)c4nc3c2)c1. The molecule has 220 valence electrons. The molecule has 44 heavy (non-hydrogen) atoms. The van der Waals surface area contributed by atoms with Gasteiger partial charge in [-0.1, -0.05) is 6.07 Å². The van der Waals surface area contributed by atoms with Crippen LogP contribution in [-0.2, 0) is 16.0 Å². The Morgan fingerprint density at radius 2 is 1.75 bits per heavy atom. The van der Waals surface area contributed by atoms with Crippen LogP contribution in [0.3, 0.4) is 0 Å². The monoisotopic (exact) mass is 589 g/mol. The third kappa shape index (κ3) is 4.24. The number of methoxy groups -OCH3 is 2. The topological polar surface area (TPSA) is 118 Å². The quantitative estimate of drug-likeness (QED) is 0.216. The number of carbonyl (C=O) groups excluding carboxylic acids is 2. The highest BCUT2D eigenvalue weighted by atomic mass is 16.7. The second-order valence-electron chi connectivity index (χ2n) is 11.2. The number of anilines is 1. The van der Waals surface area contributed by atoms with Gasteiger partial charge in [-0.05, 0) is 83.8 Å². The summed E-state index contributed by atoms with van der Waals surface area (Å²) in [6.07, 6.45) is 0.727. The minimum Gasteiger partial charge on any atom is -0.497 e. The van der Waals surface area contributed by atoms with E-state index < -0.39 is 0 Å². The molecule has 1 aromatic heterocycles. The maximum absolute atomic E-state index is 13.1. The summed E-state index contributed by atoms with van der Waals surface area (Å²) in [6.45, 7) is 0.566. The molecule has 0 saturated carbocycles. The van der Waals surface area contributed by atoms with E-state index in [9.17, 15) is 9.59 Å². The first kappa shape index (κ1) is 26.3. The molecule has 1 fully saturated rings. The molecule has 0 unspecified atom stereocenters. The summed E-state index contributed by atoms with van der Waals surface area (Å²) < 4.78 is 28.0. The molecule has 1 aliphatic carbocycles. The van der Waals surface area contributed by atoms with Crippen LogP contribution in [-0.4, -0.2) is 49.5 Å². The van der Waals surface area contributed by atoms with E-state index >= 15 is 0 Å². The molecule has 1 N–H and O–H groups in total. The predicted molar refractivity (Wildman–Crippen MR) is 161 cm³/mol. The number of nitrogens with zero attached hydrogens (tertiary/aromatic N) is 2. The van der Waals surface area contributed by atoms with Gasteiger partial charge in [0.05, 0.1) is 43.3 Å². The molecule has 3 atom stereocenters. The van der Waals surface area contributed by atoms with Crippen LogP contribution < -0.4 is 24.3 Å². The Labute approximate surface area is 251 Å². The van der Waals surface area contributed by atoms with Crippen LogP contribution >= 0.6 is 0 Å². The average Bonchev–Trinajstić information content (AvgIpc) is 3.66. The largest absolute Gasteiger partial charge is 0.497 e. The second kappa shape index (κ2) is 10.1. The highest BCUT2D eigenvalue weighted by Gasteiger charge is 2.48. The number of cyclic esters (lactones) is 1. The zero-order chi connectivity index (χ0) is 29.9. The number of ether oxygens (including phenoxy) is 5. The molecule has 5 aromatic rings. The lowest BCUT2D eigenvalue weighted by Gasteiger charge is -2.33. The lowest BCUT2D eigenvalue weighted by Crippen LogP contribution is -2.31. The van der Waals surface area contributed by atoms with Gasteiger partial charge in [-0.15, -0.1) is 0 Å². The molecule has 10 nitrogen and oxygen atoms in total. The molecular formula is C34H27N3O7. The van der Waals surface area contributed by atoms with E-state index in [0.717, 1.165) is 28.9 Å². The summed E-state index contributed by atoms with van der Waals surface area (Å²) in [4.78, 5) is 35.8. The fraction of sp³-hybridized carbons (Fsp3) is 0.235. The third-order valence-electron chi connectivity index (χ3n) is 8.72. The van der Waals surface area contributed by atoms with Crippen molar-refractivity contribution in [3.63, 3.8) is 0 Å². The minimum absolute atomic E-state index is 0.0513.